The molecule has 6 aromatic heterocycles. The molecule has 4 fully saturated rings. The van der Waals surface area contributed by atoms with Gasteiger partial charge in [0.1, 0.15) is 72.0 Å². The van der Waals surface area contributed by atoms with Crippen molar-refractivity contribution in [1.29, 1.82) is 0 Å². The number of halogens is 6. The SMILES string of the molecule is C=CC(=O)N1CCN2c3nc(=O)n(-c4c(C)ccnc4C4CC4)c4cc(-c5c(O)cccc5F)c(Cl)c(c34)OCC2C1.C=CC(=O)N1CCN2c3nc(=O)n(-c4c(C)ccnc4CC)c4cc(-c5c(O)cccc5F)c(Cl)c(c34)OCC2C1.C=CC(=O)N1CCN2c3nc(=O)n(-c4c(CC)ccnc4CC)c4cc(-c5c(O)cccc5F)c(Cl)c(c34)OCC2C1. The van der Waals surface area contributed by atoms with Crippen LogP contribution in [0.4, 0.5) is 30.6 Å². The van der Waals surface area contributed by atoms with Gasteiger partial charge in [0.25, 0.3) is 0 Å². The molecule has 7 aliphatic rings. The van der Waals surface area contributed by atoms with Gasteiger partial charge in [-0.3, -0.25) is 43.0 Å². The number of hydrogen-bond donors (Lipinski definition) is 3. The van der Waals surface area contributed by atoms with Gasteiger partial charge in [-0.1, -0.05) is 93.5 Å². The fourth-order valence-electron chi connectivity index (χ4n) is 17.9. The lowest BCUT2D eigenvalue weighted by molar-refractivity contribution is -0.127. The van der Waals surface area contributed by atoms with E-state index >= 15 is 13.2 Å². The van der Waals surface area contributed by atoms with Gasteiger partial charge in [-0.2, -0.15) is 15.0 Å². The van der Waals surface area contributed by atoms with Gasteiger partial charge in [0.15, 0.2) is 17.2 Å². The molecule has 3 unspecified atom stereocenters. The van der Waals surface area contributed by atoms with Crippen molar-refractivity contribution in [3.8, 4) is 84.9 Å². The molecule has 0 bridgehead atoms. The van der Waals surface area contributed by atoms with Crippen molar-refractivity contribution in [2.24, 2.45) is 0 Å². The molecule has 3 N–H and O–H groups in total. The molecule has 6 aliphatic heterocycles. The molecule has 1 saturated carbocycles. The van der Waals surface area contributed by atoms with E-state index in [9.17, 15) is 44.1 Å². The number of fused-ring (bicyclic) bond motifs is 6. The van der Waals surface area contributed by atoms with Crippen LogP contribution in [0.5, 0.6) is 34.5 Å². The number of piperazine rings is 3. The number of hydrogen-bond acceptors (Lipinski definition) is 21. The first kappa shape index (κ1) is 83.9. The maximum absolute atomic E-state index is 15.3. The molecule has 3 saturated heterocycles. The highest BCUT2D eigenvalue weighted by molar-refractivity contribution is 6.38. The van der Waals surface area contributed by atoms with Crippen LogP contribution in [0.15, 0.2) is 162 Å². The zero-order valence-corrected chi connectivity index (χ0v) is 70.8. The van der Waals surface area contributed by atoms with Crippen LogP contribution < -0.4 is 46.0 Å². The van der Waals surface area contributed by atoms with Gasteiger partial charge in [0.2, 0.25) is 17.7 Å². The number of rotatable bonds is 13. The predicted molar refractivity (Wildman–Crippen MR) is 471 cm³/mol. The number of carbonyl (C=O) groups is 3. The molecule has 3 atom stereocenters. The third-order valence-electron chi connectivity index (χ3n) is 24.1. The molecule has 125 heavy (non-hydrogen) atoms. The zero-order chi connectivity index (χ0) is 88.0. The lowest BCUT2D eigenvalue weighted by Gasteiger charge is -2.40. The molecular formula is C92H83Cl3F3N15O12. The summed E-state index contributed by atoms with van der Waals surface area (Å²) in [5.74, 6) is -1.52. The number of phenols is 3. The normalized spacial score (nSPS) is 16.8. The van der Waals surface area contributed by atoms with Crippen molar-refractivity contribution in [2.75, 3.05) is 93.4 Å². The van der Waals surface area contributed by atoms with E-state index in [2.05, 4.69) is 49.6 Å². The maximum Gasteiger partial charge on any atom is 0.354 e. The van der Waals surface area contributed by atoms with E-state index in [1.807, 2.05) is 67.5 Å². The van der Waals surface area contributed by atoms with Crippen LogP contribution in [0.25, 0.3) is 83.2 Å². The Balaban J connectivity index is 0.000000133. The number of benzene rings is 6. The molecule has 640 valence electrons. The largest absolute Gasteiger partial charge is 0.507 e. The van der Waals surface area contributed by atoms with E-state index < -0.39 is 34.5 Å². The number of phenolic OH excluding ortho intramolecular Hbond substituents is 3. The van der Waals surface area contributed by atoms with Crippen molar-refractivity contribution in [3.63, 3.8) is 0 Å². The van der Waals surface area contributed by atoms with E-state index in [4.69, 9.17) is 49.0 Å². The van der Waals surface area contributed by atoms with Crippen LogP contribution in [-0.2, 0) is 33.6 Å². The monoisotopic (exact) mass is 1750 g/mol. The predicted octanol–water partition coefficient (Wildman–Crippen LogP) is 13.8. The fraction of sp³-hybridized carbons (Fsp3) is 0.283. The van der Waals surface area contributed by atoms with Gasteiger partial charge in [-0.25, -0.2) is 27.6 Å². The zero-order valence-electron chi connectivity index (χ0n) is 68.6. The summed E-state index contributed by atoms with van der Waals surface area (Å²) in [6, 6.07) is 21.4. The molecule has 3 amide bonds. The Morgan fingerprint density at radius 2 is 0.800 bits per heavy atom. The Morgan fingerprint density at radius 1 is 0.464 bits per heavy atom. The molecule has 27 nitrogen and oxygen atoms in total. The number of anilines is 3. The minimum Gasteiger partial charge on any atom is -0.507 e. The Labute approximate surface area is 728 Å². The van der Waals surface area contributed by atoms with Gasteiger partial charge in [-0.05, 0) is 154 Å². The second-order valence-corrected chi connectivity index (χ2v) is 32.4. The van der Waals surface area contributed by atoms with E-state index in [1.54, 1.807) is 51.5 Å². The quantitative estimate of drug-likeness (QED) is 0.0903. The first-order valence-corrected chi connectivity index (χ1v) is 42.1. The van der Waals surface area contributed by atoms with Crippen molar-refractivity contribution < 1.29 is 57.1 Å². The average molecular weight is 1750 g/mol. The van der Waals surface area contributed by atoms with E-state index in [0.717, 1.165) is 35.2 Å². The van der Waals surface area contributed by atoms with Crippen LogP contribution >= 0.6 is 34.8 Å². The minimum atomic E-state index is -0.682. The van der Waals surface area contributed by atoms with E-state index in [0.29, 0.717) is 157 Å². The van der Waals surface area contributed by atoms with Gasteiger partial charge in [0.05, 0.1) is 117 Å². The van der Waals surface area contributed by atoms with E-state index in [-0.39, 0.29) is 145 Å². The maximum atomic E-state index is 15.3. The minimum absolute atomic E-state index is 0.0728. The summed E-state index contributed by atoms with van der Waals surface area (Å²) in [6.07, 6.45) is 12.6. The van der Waals surface area contributed by atoms with Gasteiger partial charge < -0.3 is 58.9 Å². The Morgan fingerprint density at radius 3 is 1.14 bits per heavy atom. The third kappa shape index (κ3) is 14.6. The second-order valence-electron chi connectivity index (χ2n) is 31.3. The number of amides is 3. The molecule has 12 aromatic rings. The molecule has 0 radical (unpaired) electrons. The van der Waals surface area contributed by atoms with Gasteiger partial charge in [0, 0.05) is 100 Å². The number of aryl methyl sites for hydroxylation is 5. The average Bonchev–Trinajstić information content (AvgIpc) is 1.72. The smallest absolute Gasteiger partial charge is 0.354 e. The fourth-order valence-corrected chi connectivity index (χ4v) is 18.8. The Bertz CT molecular complexity index is 6470. The lowest BCUT2D eigenvalue weighted by atomic mass is 10.00. The van der Waals surface area contributed by atoms with Gasteiger partial charge >= 0.3 is 17.1 Å². The highest BCUT2D eigenvalue weighted by atomic mass is 35.5. The van der Waals surface area contributed by atoms with E-state index in [1.165, 1.54) is 86.5 Å². The molecular weight excluding hydrogens is 1670 g/mol. The summed E-state index contributed by atoms with van der Waals surface area (Å²) in [6.45, 7) is 24.3. The highest BCUT2D eigenvalue weighted by Crippen LogP contribution is 2.54. The third-order valence-corrected chi connectivity index (χ3v) is 25.2. The van der Waals surface area contributed by atoms with Crippen molar-refractivity contribution in [3.05, 3.63) is 245 Å². The van der Waals surface area contributed by atoms with Crippen LogP contribution in [-0.4, -0.2) is 188 Å². The number of aromatic nitrogens is 9. The number of nitrogens with zero attached hydrogens (tertiary/aromatic N) is 15. The molecule has 6 aromatic carbocycles. The van der Waals surface area contributed by atoms with Crippen LogP contribution in [0.1, 0.15) is 73.3 Å². The summed E-state index contributed by atoms with van der Waals surface area (Å²) >= 11 is 20.9. The van der Waals surface area contributed by atoms with Crippen molar-refractivity contribution >= 4 is 103 Å². The summed E-state index contributed by atoms with van der Waals surface area (Å²) in [4.78, 5) is 118. The Kier molecular flexibility index (Phi) is 22.6. The molecule has 1 aliphatic carbocycles. The molecule has 0 spiro atoms. The van der Waals surface area contributed by atoms with Crippen LogP contribution in [0.2, 0.25) is 15.1 Å². The number of aromatic hydroxyl groups is 3. The van der Waals surface area contributed by atoms with Crippen molar-refractivity contribution in [2.45, 2.75) is 90.8 Å². The Hall–Kier alpha value is -13.3. The highest BCUT2D eigenvalue weighted by Gasteiger charge is 2.43. The van der Waals surface area contributed by atoms with Gasteiger partial charge in [-0.15, -0.1) is 0 Å². The number of ether oxygens (including phenoxy) is 3. The summed E-state index contributed by atoms with van der Waals surface area (Å²) in [5, 5.41) is 33.8. The summed E-state index contributed by atoms with van der Waals surface area (Å²) < 4.78 is 69.2. The molecule has 12 heterocycles. The first-order valence-electron chi connectivity index (χ1n) is 40.9. The summed E-state index contributed by atoms with van der Waals surface area (Å²) in [7, 11) is 0. The topological polar surface area (TPSA) is 302 Å². The number of pyridine rings is 3. The first-order chi connectivity index (χ1) is 60.3. The molecule has 19 rings (SSSR count). The lowest BCUT2D eigenvalue weighted by Crippen LogP contribution is -2.56. The van der Waals surface area contributed by atoms with Crippen molar-refractivity contribution in [1.82, 2.24) is 58.3 Å². The second kappa shape index (κ2) is 33.7. The summed E-state index contributed by atoms with van der Waals surface area (Å²) in [5.41, 5.74) is 6.24. The standard InChI is InChI=1S/C31H27ClFN5O4.C31H29ClFN5O4.C30H27ClFN5O4/c1-3-23(40)36-11-12-37-18(14-36)15-42-29-25-21(13-19(26(29)32)24-20(33)5-4-6-22(24)39)38(31(41)35-30(25)37)28-16(2)9-10-34-27(28)17-7-8-17;1-4-17-10-11-34-21(5-2)28(17)38-22-14-19(25-20(33)8-7-9-23(25)39)27(32)29-26(22)30(35-31(38)41)37-13-12-36(24(40)6-3)15-18(37)16-42-29;1-4-20-27(16(3)9-10-33-20)37-21-13-18(24-19(32)7-6-8-22(24)38)26(31)28-25(21)29(34-30(37)40)36-12-11-35(23(39)5-2)14-17(36)15-41-28/h3-6,9-10,13,17-18,39H,1,7-8,11-12,14-15H2,2H3;6-11,14,18,39H,3-5,12-13,15-16H2,1-2H3;5-10,13,17,38H,2,4,11-12,14-15H2,1,3H3. The van der Waals surface area contributed by atoms with Crippen LogP contribution in [0.3, 0.4) is 0 Å². The number of carbonyl (C=O) groups excluding carboxylic acids is 3. The van der Waals surface area contributed by atoms with Crippen LogP contribution in [0, 0.1) is 31.3 Å². The molecule has 33 heteroatoms.